The summed E-state index contributed by atoms with van der Waals surface area (Å²) in [6, 6.07) is 7.08. The van der Waals surface area contributed by atoms with Crippen LogP contribution in [0.1, 0.15) is 18.0 Å². The van der Waals surface area contributed by atoms with E-state index in [-0.39, 0.29) is 6.04 Å². The third kappa shape index (κ3) is 2.19. The van der Waals surface area contributed by atoms with Crippen LogP contribution in [0.4, 0.5) is 4.79 Å². The van der Waals surface area contributed by atoms with Gasteiger partial charge in [-0.2, -0.15) is 0 Å². The maximum atomic E-state index is 11.1. The normalized spacial score (nSPS) is 19.8. The molecule has 4 heteroatoms. The Morgan fingerprint density at radius 3 is 2.69 bits per heavy atom. The average Bonchev–Trinajstić information content (AvgIpc) is 2.30. The number of carboxylic acid groups (broad SMARTS) is 1. The van der Waals surface area contributed by atoms with Crippen LogP contribution in [-0.2, 0) is 0 Å². The van der Waals surface area contributed by atoms with E-state index < -0.39 is 6.09 Å². The van der Waals surface area contributed by atoms with E-state index in [4.69, 9.17) is 16.7 Å². The lowest BCUT2D eigenvalue weighted by Gasteiger charge is -2.30. The lowest BCUT2D eigenvalue weighted by atomic mass is 10.0. The van der Waals surface area contributed by atoms with Crippen LogP contribution >= 0.6 is 11.6 Å². The fraction of sp³-hybridized carbons (Fsp3) is 0.250. The van der Waals surface area contributed by atoms with Crippen molar-refractivity contribution in [3.63, 3.8) is 0 Å². The summed E-state index contributed by atoms with van der Waals surface area (Å²) >= 11 is 5.80. The van der Waals surface area contributed by atoms with E-state index in [1.807, 2.05) is 24.3 Å². The van der Waals surface area contributed by atoms with Crippen LogP contribution in [0.15, 0.2) is 36.4 Å². The molecule has 1 atom stereocenters. The van der Waals surface area contributed by atoms with Crippen LogP contribution in [0.3, 0.4) is 0 Å². The van der Waals surface area contributed by atoms with Gasteiger partial charge in [0.1, 0.15) is 0 Å². The van der Waals surface area contributed by atoms with Crippen molar-refractivity contribution in [2.24, 2.45) is 0 Å². The molecule has 2 rings (SSSR count). The van der Waals surface area contributed by atoms with Gasteiger partial charge in [-0.25, -0.2) is 4.79 Å². The van der Waals surface area contributed by atoms with E-state index in [2.05, 4.69) is 0 Å². The molecule has 0 aliphatic carbocycles. The summed E-state index contributed by atoms with van der Waals surface area (Å²) in [6.07, 6.45) is 3.82. The van der Waals surface area contributed by atoms with Gasteiger partial charge in [-0.1, -0.05) is 35.9 Å². The zero-order valence-corrected chi connectivity index (χ0v) is 9.39. The molecular weight excluding hydrogens is 226 g/mol. The Morgan fingerprint density at radius 2 is 2.06 bits per heavy atom. The first-order valence-corrected chi connectivity index (χ1v) is 5.48. The first-order valence-electron chi connectivity index (χ1n) is 5.10. The average molecular weight is 238 g/mol. The van der Waals surface area contributed by atoms with Gasteiger partial charge in [-0.3, -0.25) is 4.90 Å². The van der Waals surface area contributed by atoms with Crippen LogP contribution in [0.5, 0.6) is 0 Å². The molecule has 16 heavy (non-hydrogen) atoms. The quantitative estimate of drug-likeness (QED) is 0.762. The maximum Gasteiger partial charge on any atom is 0.408 e. The molecule has 1 heterocycles. The van der Waals surface area contributed by atoms with E-state index in [1.54, 1.807) is 12.1 Å². The molecule has 1 amide bonds. The van der Waals surface area contributed by atoms with Crippen molar-refractivity contribution in [2.45, 2.75) is 12.5 Å². The number of hydrogen-bond acceptors (Lipinski definition) is 1. The lowest BCUT2D eigenvalue weighted by Crippen LogP contribution is -2.35. The molecule has 0 fully saturated rings. The molecule has 1 unspecified atom stereocenters. The van der Waals surface area contributed by atoms with Crippen molar-refractivity contribution in [1.29, 1.82) is 0 Å². The molecule has 0 radical (unpaired) electrons. The minimum Gasteiger partial charge on any atom is -0.465 e. The van der Waals surface area contributed by atoms with Crippen molar-refractivity contribution < 1.29 is 9.90 Å². The fourth-order valence-corrected chi connectivity index (χ4v) is 1.97. The maximum absolute atomic E-state index is 11.1. The number of nitrogens with zero attached hydrogens (tertiary/aromatic N) is 1. The van der Waals surface area contributed by atoms with Crippen molar-refractivity contribution in [2.75, 3.05) is 6.54 Å². The largest absolute Gasteiger partial charge is 0.465 e. The van der Waals surface area contributed by atoms with Gasteiger partial charge >= 0.3 is 6.09 Å². The summed E-state index contributed by atoms with van der Waals surface area (Å²) in [4.78, 5) is 12.5. The molecule has 0 spiro atoms. The Labute approximate surface area is 98.9 Å². The number of amides is 1. The summed E-state index contributed by atoms with van der Waals surface area (Å²) in [5.74, 6) is 0. The summed E-state index contributed by atoms with van der Waals surface area (Å²) in [7, 11) is 0. The SMILES string of the molecule is O=C(O)N1CCC=CC1c1ccc(Cl)cc1. The minimum atomic E-state index is -0.885. The topological polar surface area (TPSA) is 40.5 Å². The van der Waals surface area contributed by atoms with Crippen molar-refractivity contribution in [3.05, 3.63) is 47.0 Å². The highest BCUT2D eigenvalue weighted by Crippen LogP contribution is 2.26. The second kappa shape index (κ2) is 4.58. The highest BCUT2D eigenvalue weighted by Gasteiger charge is 2.24. The molecule has 84 valence electrons. The standard InChI is InChI=1S/C12H12ClNO2/c13-10-6-4-9(5-7-10)11-3-1-2-8-14(11)12(15)16/h1,3-7,11H,2,8H2,(H,15,16). The van der Waals surface area contributed by atoms with Crippen molar-refractivity contribution in [1.82, 2.24) is 4.90 Å². The monoisotopic (exact) mass is 237 g/mol. The Kier molecular flexibility index (Phi) is 3.15. The zero-order chi connectivity index (χ0) is 11.5. The third-order valence-corrected chi connectivity index (χ3v) is 2.90. The molecule has 1 N–H and O–H groups in total. The molecule has 3 nitrogen and oxygen atoms in total. The van der Waals surface area contributed by atoms with Crippen LogP contribution in [-0.4, -0.2) is 22.6 Å². The van der Waals surface area contributed by atoms with Gasteiger partial charge < -0.3 is 5.11 Å². The van der Waals surface area contributed by atoms with Crippen molar-refractivity contribution in [3.8, 4) is 0 Å². The van der Waals surface area contributed by atoms with Crippen LogP contribution < -0.4 is 0 Å². The molecule has 1 aromatic rings. The smallest absolute Gasteiger partial charge is 0.408 e. The van der Waals surface area contributed by atoms with Crippen molar-refractivity contribution >= 4 is 17.7 Å². The lowest BCUT2D eigenvalue weighted by molar-refractivity contribution is 0.132. The first kappa shape index (κ1) is 11.0. The van der Waals surface area contributed by atoms with E-state index in [1.165, 1.54) is 4.90 Å². The van der Waals surface area contributed by atoms with Gasteiger partial charge in [-0.15, -0.1) is 0 Å². The third-order valence-electron chi connectivity index (χ3n) is 2.65. The molecule has 0 bridgehead atoms. The number of halogens is 1. The van der Waals surface area contributed by atoms with Crippen LogP contribution in [0.25, 0.3) is 0 Å². The Morgan fingerprint density at radius 1 is 1.38 bits per heavy atom. The summed E-state index contributed by atoms with van der Waals surface area (Å²) in [5.41, 5.74) is 0.947. The highest BCUT2D eigenvalue weighted by molar-refractivity contribution is 6.30. The molecule has 0 saturated heterocycles. The van der Waals surface area contributed by atoms with Gasteiger partial charge in [0.05, 0.1) is 6.04 Å². The molecular formula is C12H12ClNO2. The number of carbonyl (C=O) groups is 1. The minimum absolute atomic E-state index is 0.191. The predicted molar refractivity (Wildman–Crippen MR) is 62.7 cm³/mol. The van der Waals surface area contributed by atoms with Crippen LogP contribution in [0.2, 0.25) is 5.02 Å². The Bertz CT molecular complexity index is 414. The molecule has 0 aromatic heterocycles. The number of hydrogen-bond donors (Lipinski definition) is 1. The van der Waals surface area contributed by atoms with Gasteiger partial charge in [0.15, 0.2) is 0 Å². The fourth-order valence-electron chi connectivity index (χ4n) is 1.85. The zero-order valence-electron chi connectivity index (χ0n) is 8.64. The number of benzene rings is 1. The van der Waals surface area contributed by atoms with Gasteiger partial charge in [0, 0.05) is 11.6 Å². The molecule has 1 aliphatic heterocycles. The van der Waals surface area contributed by atoms with Gasteiger partial charge in [0.2, 0.25) is 0 Å². The van der Waals surface area contributed by atoms with E-state index in [0.29, 0.717) is 11.6 Å². The van der Waals surface area contributed by atoms with E-state index in [0.717, 1.165) is 12.0 Å². The van der Waals surface area contributed by atoms with E-state index >= 15 is 0 Å². The summed E-state index contributed by atoms with van der Waals surface area (Å²) in [6.45, 7) is 0.541. The van der Waals surface area contributed by atoms with Crippen LogP contribution in [0, 0.1) is 0 Å². The van der Waals surface area contributed by atoms with E-state index in [9.17, 15) is 4.79 Å². The Hall–Kier alpha value is -1.48. The van der Waals surface area contributed by atoms with Gasteiger partial charge in [0.25, 0.3) is 0 Å². The molecule has 0 saturated carbocycles. The summed E-state index contributed by atoms with van der Waals surface area (Å²) < 4.78 is 0. The summed E-state index contributed by atoms with van der Waals surface area (Å²) in [5, 5.41) is 9.75. The second-order valence-corrected chi connectivity index (χ2v) is 4.13. The molecule has 1 aliphatic rings. The number of rotatable bonds is 1. The Balaban J connectivity index is 2.30. The van der Waals surface area contributed by atoms with Gasteiger partial charge in [-0.05, 0) is 24.1 Å². The first-order chi connectivity index (χ1) is 7.68. The second-order valence-electron chi connectivity index (χ2n) is 3.69. The highest BCUT2D eigenvalue weighted by atomic mass is 35.5. The molecule has 1 aromatic carbocycles. The predicted octanol–water partition coefficient (Wildman–Crippen LogP) is 3.32.